The fourth-order valence-corrected chi connectivity index (χ4v) is 5.53. The predicted molar refractivity (Wildman–Crippen MR) is 177 cm³/mol. The minimum Gasteiger partial charge on any atom is -0.493 e. The molecule has 2 aliphatic heterocycles. The average Bonchev–Trinajstić information content (AvgIpc) is 3.04. The van der Waals surface area contributed by atoms with E-state index in [1.807, 2.05) is 11.8 Å². The fourth-order valence-electron chi connectivity index (χ4n) is 4.37. The molecule has 4 N–H and O–H groups in total. The second-order valence-electron chi connectivity index (χ2n) is 10.1. The lowest BCUT2D eigenvalue weighted by molar-refractivity contribution is -0.134. The molecule has 0 aromatic heterocycles. The molecule has 1 fully saturated rings. The monoisotopic (exact) mass is 693 g/mol. The van der Waals surface area contributed by atoms with Gasteiger partial charge in [-0.25, -0.2) is 28.6 Å². The van der Waals surface area contributed by atoms with Crippen LogP contribution in [0.15, 0.2) is 71.8 Å². The average molecular weight is 694 g/mol. The van der Waals surface area contributed by atoms with Crippen LogP contribution < -0.4 is 4.74 Å². The molecule has 0 spiro atoms. The third kappa shape index (κ3) is 15.6. The first-order valence-electron chi connectivity index (χ1n) is 14.5. The van der Waals surface area contributed by atoms with E-state index in [9.17, 15) is 23.6 Å². The van der Waals surface area contributed by atoms with Crippen LogP contribution in [-0.4, -0.2) is 98.6 Å². The van der Waals surface area contributed by atoms with Crippen LogP contribution in [-0.2, 0) is 24.9 Å². The molecule has 0 aliphatic carbocycles. The Labute approximate surface area is 280 Å². The molecule has 1 saturated heterocycles. The van der Waals surface area contributed by atoms with Crippen molar-refractivity contribution < 1.29 is 48.7 Å². The zero-order valence-electron chi connectivity index (χ0n) is 25.6. The number of aliphatic imine (C=N–C) groups is 1. The minimum absolute atomic E-state index is 0.125. The summed E-state index contributed by atoms with van der Waals surface area (Å²) in [4.78, 5) is 48.0. The SMILES string of the molecule is CN(C1=Nc2ccccc2CS1)C1CCN(CCCCOc2ccc(Cl)c(F)c2)CC1.O=C(O)/C=C/C(=O)O.O=C(O)/C=C/C(=O)O. The van der Waals surface area contributed by atoms with E-state index >= 15 is 0 Å². The van der Waals surface area contributed by atoms with Gasteiger partial charge in [-0.1, -0.05) is 41.6 Å². The highest BCUT2D eigenvalue weighted by atomic mass is 35.5. The van der Waals surface area contributed by atoms with Crippen molar-refractivity contribution in [2.75, 3.05) is 33.3 Å². The molecule has 0 radical (unpaired) electrons. The number of ether oxygens (including phenoxy) is 1. The van der Waals surface area contributed by atoms with Gasteiger partial charge in [-0.3, -0.25) is 0 Å². The number of hydrogen-bond donors (Lipinski definition) is 4. The lowest BCUT2D eigenvalue weighted by Crippen LogP contribution is -2.45. The van der Waals surface area contributed by atoms with E-state index in [0.29, 0.717) is 42.7 Å². The van der Waals surface area contributed by atoms with Gasteiger partial charge < -0.3 is 35.0 Å². The molecule has 0 saturated carbocycles. The normalized spacial score (nSPS) is 14.6. The first kappa shape index (κ1) is 38.8. The number of carboxylic acids is 4. The number of unbranched alkanes of at least 4 members (excludes halogenated alkanes) is 1. The van der Waals surface area contributed by atoms with Crippen LogP contribution in [0.4, 0.5) is 10.1 Å². The Bertz CT molecular complexity index is 1400. The Hall–Kier alpha value is -4.40. The summed E-state index contributed by atoms with van der Waals surface area (Å²) in [5.74, 6) is -3.92. The summed E-state index contributed by atoms with van der Waals surface area (Å²) in [6, 6.07) is 13.6. The van der Waals surface area contributed by atoms with Gasteiger partial charge >= 0.3 is 23.9 Å². The molecule has 2 aliphatic rings. The molecule has 47 heavy (non-hydrogen) atoms. The number of rotatable bonds is 11. The molecule has 0 bridgehead atoms. The lowest BCUT2D eigenvalue weighted by Gasteiger charge is -2.38. The summed E-state index contributed by atoms with van der Waals surface area (Å²) in [6.07, 6.45) is 6.60. The van der Waals surface area contributed by atoms with Crippen LogP contribution in [0, 0.1) is 5.82 Å². The Balaban J connectivity index is 0.000000397. The van der Waals surface area contributed by atoms with Crippen LogP contribution in [0.2, 0.25) is 5.02 Å². The van der Waals surface area contributed by atoms with Crippen LogP contribution in [0.3, 0.4) is 0 Å². The van der Waals surface area contributed by atoms with Gasteiger partial charge in [-0.2, -0.15) is 0 Å². The van der Waals surface area contributed by atoms with E-state index in [4.69, 9.17) is 41.8 Å². The molecular formula is C32H37ClFN3O9S. The van der Waals surface area contributed by atoms with Gasteiger partial charge in [0.25, 0.3) is 0 Å². The maximum Gasteiger partial charge on any atom is 0.328 e. The molecule has 2 heterocycles. The molecule has 2 aromatic carbocycles. The molecule has 4 rings (SSSR count). The van der Waals surface area contributed by atoms with Crippen molar-refractivity contribution >= 4 is 58.1 Å². The molecule has 0 unspecified atom stereocenters. The number of benzene rings is 2. The maximum atomic E-state index is 13.4. The highest BCUT2D eigenvalue weighted by Gasteiger charge is 2.26. The number of para-hydroxylation sites is 1. The van der Waals surface area contributed by atoms with E-state index in [0.717, 1.165) is 61.9 Å². The van der Waals surface area contributed by atoms with Crippen molar-refractivity contribution in [3.63, 3.8) is 0 Å². The summed E-state index contributed by atoms with van der Waals surface area (Å²) in [7, 11) is 2.19. The topological polar surface area (TPSA) is 177 Å². The van der Waals surface area contributed by atoms with Gasteiger partial charge in [0.1, 0.15) is 11.6 Å². The van der Waals surface area contributed by atoms with E-state index in [1.54, 1.807) is 6.07 Å². The fraction of sp³-hybridized carbons (Fsp3) is 0.344. The quantitative estimate of drug-likeness (QED) is 0.175. The standard InChI is InChI=1S/C24H29ClFN3OS.2C4H4O4/c1-28(24-27-23-7-3-2-6-18(23)17-31-24)19-10-13-29(14-11-19)12-4-5-15-30-20-8-9-21(25)22(26)16-20;2*5-3(6)1-2-4(7)8/h2-3,6-9,16,19H,4-5,10-15,17H2,1H3;2*1-2H,(H,5,6)(H,7,8)/b;2*2-1+. The molecule has 15 heteroatoms. The van der Waals surface area contributed by atoms with Crippen LogP contribution in [0.25, 0.3) is 0 Å². The Morgan fingerprint density at radius 3 is 2.09 bits per heavy atom. The molecule has 12 nitrogen and oxygen atoms in total. The van der Waals surface area contributed by atoms with Crippen molar-refractivity contribution in [2.24, 2.45) is 4.99 Å². The predicted octanol–water partition coefficient (Wildman–Crippen LogP) is 5.39. The number of nitrogens with zero attached hydrogens (tertiary/aromatic N) is 3. The number of thioether (sulfide) groups is 1. The van der Waals surface area contributed by atoms with E-state index in [1.165, 1.54) is 17.7 Å². The third-order valence-corrected chi connectivity index (χ3v) is 8.14. The summed E-state index contributed by atoms with van der Waals surface area (Å²) < 4.78 is 19.1. The number of aliphatic carboxylic acids is 4. The van der Waals surface area contributed by atoms with E-state index in [2.05, 4.69) is 41.1 Å². The van der Waals surface area contributed by atoms with Crippen LogP contribution >= 0.6 is 23.4 Å². The second kappa shape index (κ2) is 20.7. The third-order valence-electron chi connectivity index (χ3n) is 6.74. The number of amidine groups is 1. The molecule has 254 valence electrons. The van der Waals surface area contributed by atoms with Gasteiger partial charge in [0, 0.05) is 62.3 Å². The number of halogens is 2. The second-order valence-corrected chi connectivity index (χ2v) is 11.5. The van der Waals surface area contributed by atoms with Gasteiger partial charge in [0.15, 0.2) is 5.17 Å². The first-order valence-corrected chi connectivity index (χ1v) is 15.8. The number of carboxylic acid groups (broad SMARTS) is 4. The van der Waals surface area contributed by atoms with Crippen molar-refractivity contribution in [1.29, 1.82) is 0 Å². The number of carbonyl (C=O) groups is 4. The van der Waals surface area contributed by atoms with Gasteiger partial charge in [0.05, 0.1) is 17.3 Å². The lowest BCUT2D eigenvalue weighted by atomic mass is 10.0. The van der Waals surface area contributed by atoms with Gasteiger partial charge in [-0.15, -0.1) is 0 Å². The zero-order valence-corrected chi connectivity index (χ0v) is 27.2. The molecule has 0 atom stereocenters. The Morgan fingerprint density at radius 2 is 1.53 bits per heavy atom. The Kier molecular flexibility index (Phi) is 17.1. The van der Waals surface area contributed by atoms with Crippen LogP contribution in [0.1, 0.15) is 31.2 Å². The highest BCUT2D eigenvalue weighted by molar-refractivity contribution is 8.13. The number of fused-ring (bicyclic) bond motifs is 1. The number of hydrogen-bond acceptors (Lipinski definition) is 9. The minimum atomic E-state index is -1.26. The van der Waals surface area contributed by atoms with Crippen LogP contribution in [0.5, 0.6) is 5.75 Å². The summed E-state index contributed by atoms with van der Waals surface area (Å²) >= 11 is 7.54. The Morgan fingerprint density at radius 1 is 0.957 bits per heavy atom. The summed E-state index contributed by atoms with van der Waals surface area (Å²) in [5.41, 5.74) is 2.44. The maximum absolute atomic E-state index is 13.4. The molecular weight excluding hydrogens is 657 g/mol. The van der Waals surface area contributed by atoms with Crippen molar-refractivity contribution in [3.8, 4) is 5.75 Å². The van der Waals surface area contributed by atoms with Crippen molar-refractivity contribution in [3.05, 3.63) is 83.2 Å². The zero-order chi connectivity index (χ0) is 34.8. The van der Waals surface area contributed by atoms with E-state index in [-0.39, 0.29) is 5.02 Å². The van der Waals surface area contributed by atoms with Gasteiger partial charge in [-0.05, 0) is 56.0 Å². The summed E-state index contributed by atoms with van der Waals surface area (Å²) in [6.45, 7) is 3.91. The van der Waals surface area contributed by atoms with Crippen molar-refractivity contribution in [1.82, 2.24) is 9.80 Å². The smallest absolute Gasteiger partial charge is 0.328 e. The largest absolute Gasteiger partial charge is 0.493 e. The first-order chi connectivity index (χ1) is 22.3. The van der Waals surface area contributed by atoms with E-state index < -0.39 is 29.7 Å². The number of likely N-dealkylation sites (tertiary alicyclic amines) is 1. The van der Waals surface area contributed by atoms with Gasteiger partial charge in [0.2, 0.25) is 0 Å². The summed E-state index contributed by atoms with van der Waals surface area (Å²) in [5, 5.41) is 32.5. The molecule has 2 aromatic rings. The molecule has 0 amide bonds. The number of piperidine rings is 1. The highest BCUT2D eigenvalue weighted by Crippen LogP contribution is 2.33. The van der Waals surface area contributed by atoms with Crippen molar-refractivity contribution in [2.45, 2.75) is 37.5 Å².